The highest BCUT2D eigenvalue weighted by Gasteiger charge is 2.32. The van der Waals surface area contributed by atoms with Crippen molar-refractivity contribution in [2.75, 3.05) is 13.1 Å². The Morgan fingerprint density at radius 1 is 1.35 bits per heavy atom. The Morgan fingerprint density at radius 2 is 1.88 bits per heavy atom. The summed E-state index contributed by atoms with van der Waals surface area (Å²) in [7, 11) is 0. The molecule has 17 heavy (non-hydrogen) atoms. The van der Waals surface area contributed by atoms with Crippen LogP contribution in [-0.2, 0) is 4.79 Å². The molecule has 3 atom stereocenters. The van der Waals surface area contributed by atoms with Crippen LogP contribution >= 0.6 is 0 Å². The number of hydrogen-bond acceptors (Lipinski definition) is 4. The molecule has 1 aliphatic rings. The van der Waals surface area contributed by atoms with E-state index in [-0.39, 0.29) is 25.6 Å². The summed E-state index contributed by atoms with van der Waals surface area (Å²) in [5, 5.41) is 29.7. The quantitative estimate of drug-likeness (QED) is 0.508. The van der Waals surface area contributed by atoms with Crippen LogP contribution < -0.4 is 5.32 Å². The SMILES string of the molecule is CC(CCC(=O)O)NC(=O)N1CC(O)C(O)C1. The first-order valence-corrected chi connectivity index (χ1v) is 5.53. The highest BCUT2D eigenvalue weighted by molar-refractivity contribution is 5.75. The number of aliphatic carboxylic acids is 1. The Bertz CT molecular complexity index is 286. The van der Waals surface area contributed by atoms with Gasteiger partial charge in [-0.2, -0.15) is 0 Å². The van der Waals surface area contributed by atoms with Gasteiger partial charge in [0.15, 0.2) is 0 Å². The van der Waals surface area contributed by atoms with Gasteiger partial charge in [0.25, 0.3) is 0 Å². The van der Waals surface area contributed by atoms with E-state index < -0.39 is 24.2 Å². The zero-order chi connectivity index (χ0) is 13.0. The molecule has 1 heterocycles. The van der Waals surface area contributed by atoms with Gasteiger partial charge in [0.1, 0.15) is 0 Å². The lowest BCUT2D eigenvalue weighted by atomic mass is 10.2. The third kappa shape index (κ3) is 4.20. The van der Waals surface area contributed by atoms with Gasteiger partial charge in [-0.25, -0.2) is 4.79 Å². The van der Waals surface area contributed by atoms with Gasteiger partial charge in [-0.3, -0.25) is 4.79 Å². The number of nitrogens with one attached hydrogen (secondary N) is 1. The molecule has 0 aromatic carbocycles. The fraction of sp³-hybridized carbons (Fsp3) is 0.800. The first-order chi connectivity index (χ1) is 7.90. The second-order valence-corrected chi connectivity index (χ2v) is 4.32. The summed E-state index contributed by atoms with van der Waals surface area (Å²) in [5.41, 5.74) is 0. The molecule has 0 bridgehead atoms. The first kappa shape index (κ1) is 13.7. The van der Waals surface area contributed by atoms with Crippen molar-refractivity contribution in [2.45, 2.75) is 38.0 Å². The summed E-state index contributed by atoms with van der Waals surface area (Å²) in [4.78, 5) is 23.3. The van der Waals surface area contributed by atoms with E-state index in [0.717, 1.165) is 0 Å². The van der Waals surface area contributed by atoms with Gasteiger partial charge in [0.2, 0.25) is 0 Å². The monoisotopic (exact) mass is 246 g/mol. The van der Waals surface area contributed by atoms with Crippen LogP contribution in [0.4, 0.5) is 4.79 Å². The molecular weight excluding hydrogens is 228 g/mol. The van der Waals surface area contributed by atoms with Gasteiger partial charge < -0.3 is 25.5 Å². The topological polar surface area (TPSA) is 110 Å². The van der Waals surface area contributed by atoms with Crippen LogP contribution in [-0.4, -0.2) is 63.6 Å². The molecule has 0 spiro atoms. The molecule has 98 valence electrons. The third-order valence-corrected chi connectivity index (χ3v) is 2.71. The number of nitrogens with zero attached hydrogens (tertiary/aromatic N) is 1. The number of carboxylic acid groups (broad SMARTS) is 1. The summed E-state index contributed by atoms with van der Waals surface area (Å²) in [5.74, 6) is -0.905. The number of carboxylic acids is 1. The van der Waals surface area contributed by atoms with E-state index in [9.17, 15) is 19.8 Å². The molecule has 0 aromatic rings. The Balaban J connectivity index is 2.32. The summed E-state index contributed by atoms with van der Waals surface area (Å²) < 4.78 is 0. The number of β-amino-alcohol motifs (C(OH)–C–C–N with tert-alkyl or cyclic N) is 2. The van der Waals surface area contributed by atoms with Crippen molar-refractivity contribution in [3.05, 3.63) is 0 Å². The predicted molar refractivity (Wildman–Crippen MR) is 58.5 cm³/mol. The maximum atomic E-state index is 11.6. The van der Waals surface area contributed by atoms with Crippen molar-refractivity contribution in [1.82, 2.24) is 10.2 Å². The summed E-state index contributed by atoms with van der Waals surface area (Å²) in [6.45, 7) is 1.90. The molecule has 0 saturated carbocycles. The molecule has 2 amide bonds. The molecule has 1 saturated heterocycles. The number of amides is 2. The summed E-state index contributed by atoms with van der Waals surface area (Å²) in [6.07, 6.45) is -1.47. The Morgan fingerprint density at radius 3 is 2.35 bits per heavy atom. The Kier molecular flexibility index (Phi) is 4.71. The Hall–Kier alpha value is -1.34. The van der Waals surface area contributed by atoms with E-state index in [1.54, 1.807) is 6.92 Å². The van der Waals surface area contributed by atoms with E-state index in [1.165, 1.54) is 4.90 Å². The largest absolute Gasteiger partial charge is 0.481 e. The molecule has 7 nitrogen and oxygen atoms in total. The molecular formula is C10H18N2O5. The minimum Gasteiger partial charge on any atom is -0.481 e. The molecule has 1 aliphatic heterocycles. The number of carbonyl (C=O) groups excluding carboxylic acids is 1. The van der Waals surface area contributed by atoms with Gasteiger partial charge >= 0.3 is 12.0 Å². The number of aliphatic hydroxyl groups excluding tert-OH is 2. The second kappa shape index (κ2) is 5.83. The standard InChI is InChI=1S/C10H18N2O5/c1-6(2-3-9(15)16)11-10(17)12-4-7(13)8(14)5-12/h6-8,13-14H,2-5H2,1H3,(H,11,17)(H,15,16). The highest BCUT2D eigenvalue weighted by atomic mass is 16.4. The zero-order valence-electron chi connectivity index (χ0n) is 9.67. The second-order valence-electron chi connectivity index (χ2n) is 4.32. The third-order valence-electron chi connectivity index (χ3n) is 2.71. The van der Waals surface area contributed by atoms with Crippen LogP contribution in [0.15, 0.2) is 0 Å². The van der Waals surface area contributed by atoms with Crippen LogP contribution in [0, 0.1) is 0 Å². The fourth-order valence-electron chi connectivity index (χ4n) is 1.65. The van der Waals surface area contributed by atoms with E-state index in [2.05, 4.69) is 5.32 Å². The van der Waals surface area contributed by atoms with Gasteiger partial charge in [-0.1, -0.05) is 0 Å². The molecule has 4 N–H and O–H groups in total. The van der Waals surface area contributed by atoms with Gasteiger partial charge in [-0.15, -0.1) is 0 Å². The lowest BCUT2D eigenvalue weighted by Crippen LogP contribution is -2.43. The summed E-state index contributed by atoms with van der Waals surface area (Å²) in [6, 6.07) is -0.646. The van der Waals surface area contributed by atoms with Crippen LogP contribution in [0.2, 0.25) is 0 Å². The van der Waals surface area contributed by atoms with Crippen molar-refractivity contribution >= 4 is 12.0 Å². The van der Waals surface area contributed by atoms with E-state index >= 15 is 0 Å². The average Bonchev–Trinajstić information content (AvgIpc) is 2.56. The van der Waals surface area contributed by atoms with Crippen molar-refractivity contribution in [3.63, 3.8) is 0 Å². The molecule has 7 heteroatoms. The van der Waals surface area contributed by atoms with Crippen LogP contribution in [0.5, 0.6) is 0 Å². The van der Waals surface area contributed by atoms with Gasteiger partial charge in [0, 0.05) is 12.5 Å². The molecule has 1 fully saturated rings. The molecule has 0 radical (unpaired) electrons. The summed E-state index contributed by atoms with van der Waals surface area (Å²) >= 11 is 0. The zero-order valence-corrected chi connectivity index (χ0v) is 9.67. The average molecular weight is 246 g/mol. The van der Waals surface area contributed by atoms with E-state index in [0.29, 0.717) is 6.42 Å². The molecule has 3 unspecified atom stereocenters. The maximum absolute atomic E-state index is 11.6. The minimum absolute atomic E-state index is 0.00725. The number of carbonyl (C=O) groups is 2. The fourth-order valence-corrected chi connectivity index (χ4v) is 1.65. The number of aliphatic hydroxyl groups is 2. The van der Waals surface area contributed by atoms with Crippen molar-refractivity contribution in [2.24, 2.45) is 0 Å². The van der Waals surface area contributed by atoms with E-state index in [1.807, 2.05) is 0 Å². The molecule has 0 aromatic heterocycles. The van der Waals surface area contributed by atoms with Crippen LogP contribution in [0.25, 0.3) is 0 Å². The first-order valence-electron chi connectivity index (χ1n) is 5.53. The highest BCUT2D eigenvalue weighted by Crippen LogP contribution is 2.10. The maximum Gasteiger partial charge on any atom is 0.317 e. The lowest BCUT2D eigenvalue weighted by Gasteiger charge is -2.20. The van der Waals surface area contributed by atoms with Crippen molar-refractivity contribution < 1.29 is 24.9 Å². The molecule has 0 aliphatic carbocycles. The number of urea groups is 1. The van der Waals surface area contributed by atoms with Crippen LogP contribution in [0.1, 0.15) is 19.8 Å². The van der Waals surface area contributed by atoms with Crippen molar-refractivity contribution in [3.8, 4) is 0 Å². The van der Waals surface area contributed by atoms with Gasteiger partial charge in [-0.05, 0) is 13.3 Å². The number of rotatable bonds is 4. The minimum atomic E-state index is -0.907. The van der Waals surface area contributed by atoms with Crippen LogP contribution in [0.3, 0.4) is 0 Å². The number of likely N-dealkylation sites (tertiary alicyclic amines) is 1. The predicted octanol–water partition coefficient (Wildman–Crippen LogP) is -1.01. The van der Waals surface area contributed by atoms with Crippen molar-refractivity contribution in [1.29, 1.82) is 0 Å². The van der Waals surface area contributed by atoms with Gasteiger partial charge in [0.05, 0.1) is 25.3 Å². The smallest absolute Gasteiger partial charge is 0.317 e. The molecule has 1 rings (SSSR count). The normalized spacial score (nSPS) is 25.7. The van der Waals surface area contributed by atoms with E-state index in [4.69, 9.17) is 5.11 Å². The Labute approximate surface area is 99.0 Å². The number of hydrogen-bond donors (Lipinski definition) is 4. The lowest BCUT2D eigenvalue weighted by molar-refractivity contribution is -0.137.